The molecule has 3 rings (SSSR count). The van der Waals surface area contributed by atoms with Crippen LogP contribution in [0, 0.1) is 0 Å². The highest BCUT2D eigenvalue weighted by Gasteiger charge is 2.29. The van der Waals surface area contributed by atoms with E-state index < -0.39 is 5.92 Å². The van der Waals surface area contributed by atoms with Crippen LogP contribution >= 0.6 is 23.5 Å². The number of esters is 1. The van der Waals surface area contributed by atoms with Gasteiger partial charge < -0.3 is 9.72 Å². The quantitative estimate of drug-likeness (QED) is 0.229. The Morgan fingerprint density at radius 1 is 0.912 bits per heavy atom. The second-order valence-electron chi connectivity index (χ2n) is 7.99. The zero-order valence-electron chi connectivity index (χ0n) is 19.9. The van der Waals surface area contributed by atoms with Crippen molar-refractivity contribution in [2.75, 3.05) is 6.61 Å². The number of hydrogen-bond acceptors (Lipinski definition) is 6. The molecule has 3 aromatic rings. The molecule has 0 spiro atoms. The van der Waals surface area contributed by atoms with Gasteiger partial charge in [0, 0.05) is 39.7 Å². The third kappa shape index (κ3) is 6.54. The van der Waals surface area contributed by atoms with E-state index in [1.54, 1.807) is 6.92 Å². The Morgan fingerprint density at radius 2 is 1.62 bits per heavy atom. The molecule has 0 aliphatic carbocycles. The molecule has 1 heterocycles. The van der Waals surface area contributed by atoms with Crippen LogP contribution in [0.15, 0.2) is 58.5 Å². The number of benzene rings is 2. The summed E-state index contributed by atoms with van der Waals surface area (Å²) in [5.74, 6) is -0.933. The summed E-state index contributed by atoms with van der Waals surface area (Å²) in [6.07, 6.45) is 4.73. The number of thioether (sulfide) groups is 2. The molecular weight excluding hydrogens is 466 g/mol. The normalized spacial score (nSPS) is 12.0. The highest BCUT2D eigenvalue weighted by Crippen LogP contribution is 2.40. The number of para-hydroxylation sites is 1. The van der Waals surface area contributed by atoms with Gasteiger partial charge in [-0.1, -0.05) is 67.7 Å². The number of carbonyl (C=O) groups is 3. The molecule has 34 heavy (non-hydrogen) atoms. The van der Waals surface area contributed by atoms with E-state index in [0.717, 1.165) is 63.3 Å². The van der Waals surface area contributed by atoms with Gasteiger partial charge in [0.2, 0.25) is 0 Å². The molecule has 0 radical (unpaired) electrons. The predicted molar refractivity (Wildman–Crippen MR) is 139 cm³/mol. The van der Waals surface area contributed by atoms with Crippen LogP contribution in [-0.4, -0.2) is 27.8 Å². The molecule has 2 aromatic carbocycles. The lowest BCUT2D eigenvalue weighted by atomic mass is 9.91. The molecule has 180 valence electrons. The first kappa shape index (κ1) is 26.1. The summed E-state index contributed by atoms with van der Waals surface area (Å²) in [4.78, 5) is 43.0. The van der Waals surface area contributed by atoms with E-state index in [2.05, 4.69) is 4.98 Å². The van der Waals surface area contributed by atoms with Crippen molar-refractivity contribution in [1.82, 2.24) is 4.98 Å². The Morgan fingerprint density at radius 3 is 2.32 bits per heavy atom. The zero-order chi connectivity index (χ0) is 24.5. The Kier molecular flexibility index (Phi) is 9.84. The van der Waals surface area contributed by atoms with Gasteiger partial charge in [-0.3, -0.25) is 14.4 Å². The molecule has 0 saturated heterocycles. The highest BCUT2D eigenvalue weighted by atomic mass is 32.2. The average molecular weight is 498 g/mol. The van der Waals surface area contributed by atoms with E-state index in [9.17, 15) is 14.4 Å². The van der Waals surface area contributed by atoms with Crippen LogP contribution in [0.3, 0.4) is 0 Å². The topological polar surface area (TPSA) is 76.2 Å². The van der Waals surface area contributed by atoms with Crippen molar-refractivity contribution in [3.63, 3.8) is 0 Å². The van der Waals surface area contributed by atoms with Gasteiger partial charge in [0.15, 0.2) is 10.2 Å². The van der Waals surface area contributed by atoms with Gasteiger partial charge in [0.1, 0.15) is 0 Å². The summed E-state index contributed by atoms with van der Waals surface area (Å²) in [7, 11) is 0. The van der Waals surface area contributed by atoms with Crippen LogP contribution in [0.25, 0.3) is 10.9 Å². The van der Waals surface area contributed by atoms with E-state index in [1.165, 1.54) is 0 Å². The summed E-state index contributed by atoms with van der Waals surface area (Å²) in [6, 6.07) is 13.6. The molecule has 0 saturated carbocycles. The molecule has 1 aromatic heterocycles. The van der Waals surface area contributed by atoms with Crippen LogP contribution in [0.5, 0.6) is 0 Å². The highest BCUT2D eigenvalue weighted by molar-refractivity contribution is 8.16. The van der Waals surface area contributed by atoms with Crippen molar-refractivity contribution >= 4 is 50.6 Å². The van der Waals surface area contributed by atoms with Crippen molar-refractivity contribution in [3.8, 4) is 0 Å². The third-order valence-electron chi connectivity index (χ3n) is 5.40. The van der Waals surface area contributed by atoms with Crippen LogP contribution in [0.1, 0.15) is 63.5 Å². The molecule has 5 nitrogen and oxygen atoms in total. The second-order valence-corrected chi connectivity index (χ2v) is 10.2. The molecule has 0 aliphatic rings. The number of nitrogens with one attached hydrogen (secondary N) is 1. The van der Waals surface area contributed by atoms with Crippen LogP contribution in [-0.2, 0) is 25.5 Å². The van der Waals surface area contributed by atoms with E-state index in [0.29, 0.717) is 24.2 Å². The fraction of sp³-hybridized carbons (Fsp3) is 0.370. The molecule has 1 atom stereocenters. The first-order valence-electron chi connectivity index (χ1n) is 11.7. The minimum absolute atomic E-state index is 0.0226. The Balaban J connectivity index is 2.08. The lowest BCUT2D eigenvalue weighted by Gasteiger charge is -2.20. The van der Waals surface area contributed by atoms with E-state index in [4.69, 9.17) is 4.74 Å². The molecule has 0 amide bonds. The summed E-state index contributed by atoms with van der Waals surface area (Å²) < 4.78 is 5.47. The summed E-state index contributed by atoms with van der Waals surface area (Å²) in [6.45, 7) is 5.98. The van der Waals surface area contributed by atoms with Gasteiger partial charge in [0.05, 0.1) is 12.5 Å². The van der Waals surface area contributed by atoms with E-state index in [1.807, 2.05) is 62.5 Å². The fourth-order valence-electron chi connectivity index (χ4n) is 3.83. The van der Waals surface area contributed by atoms with Crippen molar-refractivity contribution in [3.05, 3.63) is 59.8 Å². The largest absolute Gasteiger partial charge is 0.466 e. The smallest absolute Gasteiger partial charge is 0.313 e. The summed E-state index contributed by atoms with van der Waals surface area (Å²) >= 11 is 2.29. The Labute approximate surface area is 209 Å². The zero-order valence-corrected chi connectivity index (χ0v) is 21.5. The fourth-order valence-corrected chi connectivity index (χ4v) is 6.02. The number of H-pyrrole nitrogens is 1. The second kappa shape index (κ2) is 12.8. The van der Waals surface area contributed by atoms with Crippen LogP contribution in [0.4, 0.5) is 0 Å². The van der Waals surface area contributed by atoms with Crippen molar-refractivity contribution < 1.29 is 19.1 Å². The van der Waals surface area contributed by atoms with E-state index >= 15 is 0 Å². The lowest BCUT2D eigenvalue weighted by Crippen LogP contribution is -2.19. The van der Waals surface area contributed by atoms with E-state index in [-0.39, 0.29) is 22.8 Å². The Bertz CT molecular complexity index is 1150. The van der Waals surface area contributed by atoms with Crippen LogP contribution in [0.2, 0.25) is 0 Å². The maximum absolute atomic E-state index is 13.2. The molecule has 1 unspecified atom stereocenters. The number of aromatic nitrogens is 1. The van der Waals surface area contributed by atoms with Gasteiger partial charge in [0.25, 0.3) is 0 Å². The molecular formula is C27H31NO4S2. The van der Waals surface area contributed by atoms with Crippen molar-refractivity contribution in [2.24, 2.45) is 0 Å². The standard InChI is InChI=1S/C27H31NO4S2/c1-4-10-24(29)33-23-15-9-13-20(26(23)34-25(30)11-5-2)21(27(31)32-6-3)16-18-17-28-22-14-8-7-12-19(18)22/h7-9,12-15,17,21,28H,4-6,10-11,16H2,1-3H3. The minimum Gasteiger partial charge on any atom is -0.466 e. The first-order chi connectivity index (χ1) is 16.5. The van der Waals surface area contributed by atoms with Crippen LogP contribution < -0.4 is 0 Å². The van der Waals surface area contributed by atoms with Gasteiger partial charge in [-0.25, -0.2) is 0 Å². The number of ether oxygens (including phenoxy) is 1. The molecule has 7 heteroatoms. The SMILES string of the molecule is CCCC(=O)Sc1cccc(C(Cc2c[nH]c3ccccc23)C(=O)OCC)c1SC(=O)CCC. The average Bonchev–Trinajstić information content (AvgIpc) is 3.22. The van der Waals surface area contributed by atoms with Gasteiger partial charge in [-0.2, -0.15) is 0 Å². The molecule has 0 aliphatic heterocycles. The maximum atomic E-state index is 13.2. The molecule has 0 bridgehead atoms. The lowest BCUT2D eigenvalue weighted by molar-refractivity contribution is -0.145. The number of carbonyl (C=O) groups excluding carboxylic acids is 3. The van der Waals surface area contributed by atoms with Gasteiger partial charge in [-0.15, -0.1) is 0 Å². The summed E-state index contributed by atoms with van der Waals surface area (Å²) in [5.41, 5.74) is 2.74. The van der Waals surface area contributed by atoms with Crippen molar-refractivity contribution in [1.29, 1.82) is 0 Å². The monoisotopic (exact) mass is 497 g/mol. The number of rotatable bonds is 11. The third-order valence-corrected chi connectivity index (χ3v) is 7.62. The molecule has 1 N–H and O–H groups in total. The number of hydrogen-bond donors (Lipinski definition) is 1. The number of fused-ring (bicyclic) bond motifs is 1. The maximum Gasteiger partial charge on any atom is 0.313 e. The minimum atomic E-state index is -0.599. The van der Waals surface area contributed by atoms with Crippen molar-refractivity contribution in [2.45, 2.75) is 68.6 Å². The Hall–Kier alpha value is -2.51. The first-order valence-corrected chi connectivity index (χ1v) is 13.4. The summed E-state index contributed by atoms with van der Waals surface area (Å²) in [5, 5.41) is 1.12. The van der Waals surface area contributed by atoms with Gasteiger partial charge in [-0.05, 0) is 49.4 Å². The van der Waals surface area contributed by atoms with Gasteiger partial charge >= 0.3 is 5.97 Å². The molecule has 0 fully saturated rings. The number of aromatic amines is 1. The predicted octanol–water partition coefficient (Wildman–Crippen LogP) is 6.89.